The van der Waals surface area contributed by atoms with Crippen LogP contribution >= 0.6 is 0 Å². The van der Waals surface area contributed by atoms with Gasteiger partial charge in [0.05, 0.1) is 18.2 Å². The predicted octanol–water partition coefficient (Wildman–Crippen LogP) is 13.6. The molecule has 0 spiro atoms. The molecule has 2 saturated carbocycles. The van der Waals surface area contributed by atoms with Crippen LogP contribution in [0, 0.1) is 23.7 Å². The molecule has 10 rings (SSSR count). The van der Waals surface area contributed by atoms with Gasteiger partial charge in [-0.3, -0.25) is 4.79 Å². The third-order valence-electron chi connectivity index (χ3n) is 16.0. The Morgan fingerprint density at radius 1 is 0.778 bits per heavy atom. The van der Waals surface area contributed by atoms with Crippen LogP contribution in [-0.4, -0.2) is 58.4 Å². The van der Waals surface area contributed by atoms with Gasteiger partial charge >= 0.3 is 0 Å². The summed E-state index contributed by atoms with van der Waals surface area (Å²) < 4.78 is 21.8. The number of hydrogen-bond acceptors (Lipinski definition) is 8. The number of nitrogens with zero attached hydrogens (tertiary/aromatic N) is 2. The fraction of sp³-hybridized carbons (Fsp3) is 0.397. The van der Waals surface area contributed by atoms with Gasteiger partial charge in [0.25, 0.3) is 0 Å². The third kappa shape index (κ3) is 10.6. The first-order chi connectivity index (χ1) is 35.5. The zero-order chi connectivity index (χ0) is 49.3. The van der Waals surface area contributed by atoms with Crippen molar-refractivity contribution in [3.05, 3.63) is 174 Å². The van der Waals surface area contributed by atoms with Crippen LogP contribution in [0.4, 0.5) is 0 Å². The molecule has 4 aliphatic rings. The molecule has 1 aliphatic heterocycles. The minimum Gasteiger partial charge on any atom is -0.459 e. The fourth-order valence-electron chi connectivity index (χ4n) is 12.6. The summed E-state index contributed by atoms with van der Waals surface area (Å²) in [5.41, 5.74) is 4.87. The van der Waals surface area contributed by atoms with Crippen LogP contribution in [0.3, 0.4) is 0 Å². The van der Waals surface area contributed by atoms with E-state index in [0.717, 1.165) is 100 Å². The maximum absolute atomic E-state index is 15.6. The number of allylic oxidation sites excluding steroid dienone is 1. The van der Waals surface area contributed by atoms with Gasteiger partial charge in [-0.25, -0.2) is 0 Å². The number of ether oxygens (including phenoxy) is 3. The van der Waals surface area contributed by atoms with Crippen molar-refractivity contribution in [3.63, 3.8) is 0 Å². The molecule has 1 heterocycles. The molecule has 9 nitrogen and oxygen atoms in total. The number of benzene rings is 6. The van der Waals surface area contributed by atoms with Crippen molar-refractivity contribution in [2.45, 2.75) is 114 Å². The van der Waals surface area contributed by atoms with E-state index < -0.39 is 17.7 Å². The molecule has 0 aromatic heterocycles. The van der Waals surface area contributed by atoms with Crippen molar-refractivity contribution in [3.8, 4) is 17.2 Å². The second-order valence-corrected chi connectivity index (χ2v) is 20.5. The van der Waals surface area contributed by atoms with Crippen molar-refractivity contribution >= 4 is 33.2 Å². The van der Waals surface area contributed by atoms with Crippen LogP contribution in [0.15, 0.2) is 163 Å². The highest BCUT2D eigenvalue weighted by Gasteiger charge is 2.65. The number of unbranched alkanes of at least 4 members (excludes halogenated alkanes) is 2. The molecule has 6 aromatic rings. The molecular weight excluding hydrogens is 897 g/mol. The van der Waals surface area contributed by atoms with Crippen molar-refractivity contribution in [2.75, 3.05) is 19.8 Å². The van der Waals surface area contributed by atoms with Gasteiger partial charge in [0, 0.05) is 44.1 Å². The summed E-state index contributed by atoms with van der Waals surface area (Å²) >= 11 is 0. The lowest BCUT2D eigenvalue weighted by Gasteiger charge is -2.60. The van der Waals surface area contributed by atoms with Crippen LogP contribution < -0.4 is 9.47 Å². The Labute approximate surface area is 425 Å². The lowest BCUT2D eigenvalue weighted by atomic mass is 9.55. The van der Waals surface area contributed by atoms with Gasteiger partial charge in [0.1, 0.15) is 29.9 Å². The second-order valence-electron chi connectivity index (χ2n) is 20.5. The number of carbonyl (C=O) groups excluding carboxylic acids is 1. The summed E-state index contributed by atoms with van der Waals surface area (Å²) in [4.78, 5) is 24.1. The summed E-state index contributed by atoms with van der Waals surface area (Å²) in [7, 11) is 0. The zero-order valence-corrected chi connectivity index (χ0v) is 41.6. The molecule has 0 radical (unpaired) electrons. The summed E-state index contributed by atoms with van der Waals surface area (Å²) in [6, 6.07) is 44.9. The van der Waals surface area contributed by atoms with Crippen molar-refractivity contribution in [1.29, 1.82) is 0 Å². The smallest absolute Gasteiger partial charge is 0.239 e. The van der Waals surface area contributed by atoms with E-state index in [-0.39, 0.29) is 50.1 Å². The van der Waals surface area contributed by atoms with Crippen LogP contribution in [0.25, 0.3) is 21.5 Å². The standard InChI is InChI=1S/C63H70N2O7/c1-2-37-69-63-59(65(60(68)34-29-44-17-6-7-18-44)42-50-26-16-25-47-22-10-11-27-53(47)50)41-57(64-70-43-45-19-4-3-5-20-45)55-39-49(24-12-14-35-66)54(28-13-15-36-67)61(62(55)63)56-40-52(32-33-58(56)72-63)71-51-31-30-46-21-8-9-23-48(46)38-51/h2-5,8-11,16,19-23,25-27,30-33,38-40,44,49,54,59,61-62,66-67H,1,6-7,12-15,17-18,24,28-29,34-37,41-43H2/t49-,54+,59-,61+,62+,63+/m0/s1. The van der Waals surface area contributed by atoms with E-state index in [1.54, 1.807) is 6.08 Å². The Balaban J connectivity index is 1.16. The van der Waals surface area contributed by atoms with Crippen LogP contribution in [-0.2, 0) is 27.5 Å². The molecular formula is C63H70N2O7. The molecule has 2 N–H and O–H groups in total. The highest BCUT2D eigenvalue weighted by atomic mass is 16.7. The van der Waals surface area contributed by atoms with Gasteiger partial charge in [0.2, 0.25) is 11.7 Å². The van der Waals surface area contributed by atoms with E-state index in [1.807, 2.05) is 60.7 Å². The molecule has 0 saturated heterocycles. The van der Waals surface area contributed by atoms with Crippen molar-refractivity contribution in [1.82, 2.24) is 4.90 Å². The van der Waals surface area contributed by atoms with E-state index in [2.05, 4.69) is 90.4 Å². The quantitative estimate of drug-likeness (QED) is 0.0396. The number of hydrogen-bond donors (Lipinski definition) is 2. The second kappa shape index (κ2) is 23.1. The molecule has 0 unspecified atom stereocenters. The van der Waals surface area contributed by atoms with Crippen LogP contribution in [0.2, 0.25) is 0 Å². The van der Waals surface area contributed by atoms with Gasteiger partial charge < -0.3 is 34.2 Å². The maximum atomic E-state index is 15.6. The maximum Gasteiger partial charge on any atom is 0.239 e. The normalized spacial score (nSPS) is 23.0. The molecule has 374 valence electrons. The monoisotopic (exact) mass is 967 g/mol. The average molecular weight is 967 g/mol. The van der Waals surface area contributed by atoms with E-state index in [9.17, 15) is 10.2 Å². The molecule has 9 heteroatoms. The van der Waals surface area contributed by atoms with Crippen LogP contribution in [0.5, 0.6) is 17.2 Å². The molecule has 0 bridgehead atoms. The van der Waals surface area contributed by atoms with E-state index in [1.165, 1.54) is 12.8 Å². The number of oxime groups is 1. The lowest BCUT2D eigenvalue weighted by Crippen LogP contribution is -2.70. The first kappa shape index (κ1) is 49.3. The van der Waals surface area contributed by atoms with Crippen molar-refractivity contribution < 1.29 is 34.1 Å². The van der Waals surface area contributed by atoms with E-state index >= 15 is 4.79 Å². The fourth-order valence-corrected chi connectivity index (χ4v) is 12.6. The van der Waals surface area contributed by atoms with Crippen molar-refractivity contribution in [2.24, 2.45) is 28.8 Å². The minimum atomic E-state index is -1.38. The summed E-state index contributed by atoms with van der Waals surface area (Å²) in [6.07, 6.45) is 15.3. The van der Waals surface area contributed by atoms with E-state index in [4.69, 9.17) is 24.2 Å². The highest BCUT2D eigenvalue weighted by Crippen LogP contribution is 2.62. The van der Waals surface area contributed by atoms with E-state index in [0.29, 0.717) is 49.6 Å². The molecule has 3 aliphatic carbocycles. The number of amides is 1. The summed E-state index contributed by atoms with van der Waals surface area (Å²) in [5, 5.41) is 29.9. The van der Waals surface area contributed by atoms with Gasteiger partial charge in [0.15, 0.2) is 0 Å². The SMILES string of the molecule is C=CCO[C@@]12Oc3ccc(Oc4ccc5ccccc5c4)cc3[C@H]3[C@H](CCCCO)[C@@H](CCCCO)C=C(C(=NOCc4ccccc4)C[C@@H]1N(Cc1cccc4ccccc14)C(=O)CCC1CCCC1)[C@H]32. The van der Waals surface area contributed by atoms with Gasteiger partial charge in [-0.2, -0.15) is 0 Å². The first-order valence-corrected chi connectivity index (χ1v) is 26.6. The Hall–Kier alpha value is -6.26. The molecule has 72 heavy (non-hydrogen) atoms. The number of fused-ring (bicyclic) bond motifs is 4. The first-order valence-electron chi connectivity index (χ1n) is 26.6. The Morgan fingerprint density at radius 3 is 2.31 bits per heavy atom. The predicted molar refractivity (Wildman–Crippen MR) is 286 cm³/mol. The highest BCUT2D eigenvalue weighted by molar-refractivity contribution is 6.03. The van der Waals surface area contributed by atoms with Gasteiger partial charge in [-0.1, -0.05) is 159 Å². The number of rotatable bonds is 22. The molecule has 2 fully saturated rings. The van der Waals surface area contributed by atoms with Gasteiger partial charge in [-0.15, -0.1) is 6.58 Å². The topological polar surface area (TPSA) is 110 Å². The Kier molecular flexibility index (Phi) is 15.8. The molecule has 1 amide bonds. The lowest BCUT2D eigenvalue weighted by molar-refractivity contribution is -0.258. The average Bonchev–Trinajstić information content (AvgIpc) is 3.95. The molecule has 6 atom stereocenters. The largest absolute Gasteiger partial charge is 0.459 e. The summed E-state index contributed by atoms with van der Waals surface area (Å²) in [6.45, 7) is 5.22. The summed E-state index contributed by atoms with van der Waals surface area (Å²) in [5.74, 6) is 0.885. The number of carbonyl (C=O) groups is 1. The van der Waals surface area contributed by atoms with Gasteiger partial charge in [-0.05, 0) is 118 Å². The molecule has 6 aromatic carbocycles. The zero-order valence-electron chi connectivity index (χ0n) is 41.6. The third-order valence-corrected chi connectivity index (χ3v) is 16.0. The number of aliphatic hydroxyl groups is 2. The number of aliphatic hydroxyl groups excluding tert-OH is 2. The van der Waals surface area contributed by atoms with Crippen LogP contribution in [0.1, 0.15) is 106 Å². The Bertz CT molecular complexity index is 2870. The minimum absolute atomic E-state index is 0.0701. The Morgan fingerprint density at radius 2 is 1.50 bits per heavy atom.